The van der Waals surface area contributed by atoms with Gasteiger partial charge in [0.25, 0.3) is 5.91 Å². The van der Waals surface area contributed by atoms with Crippen LogP contribution in [-0.2, 0) is 9.53 Å². The maximum absolute atomic E-state index is 11.9. The van der Waals surface area contributed by atoms with Crippen molar-refractivity contribution in [3.63, 3.8) is 0 Å². The van der Waals surface area contributed by atoms with Gasteiger partial charge in [-0.05, 0) is 31.5 Å². The number of hydrogen-bond donors (Lipinski definition) is 2. The minimum Gasteiger partial charge on any atom is -0.489 e. The lowest BCUT2D eigenvalue weighted by Crippen LogP contribution is -2.49. The quantitative estimate of drug-likeness (QED) is 0.860. The molecule has 1 aromatic carbocycles. The fourth-order valence-corrected chi connectivity index (χ4v) is 2.05. The molecule has 2 rings (SSSR count). The summed E-state index contributed by atoms with van der Waals surface area (Å²) in [6.45, 7) is 6.37. The molecule has 1 fully saturated rings. The van der Waals surface area contributed by atoms with E-state index in [4.69, 9.17) is 9.47 Å². The number of carbonyl (C=O) groups is 1. The fourth-order valence-electron chi connectivity index (χ4n) is 2.05. The number of carbonyl (C=O) groups excluding carboxylic acids is 1. The van der Waals surface area contributed by atoms with Crippen molar-refractivity contribution in [2.24, 2.45) is 0 Å². The second-order valence-corrected chi connectivity index (χ2v) is 5.05. The van der Waals surface area contributed by atoms with Crippen molar-refractivity contribution in [1.82, 2.24) is 10.6 Å². The Bertz CT molecular complexity index is 450. The number of amides is 1. The van der Waals surface area contributed by atoms with E-state index < -0.39 is 6.10 Å². The van der Waals surface area contributed by atoms with Gasteiger partial charge >= 0.3 is 0 Å². The molecule has 0 bridgehead atoms. The first-order chi connectivity index (χ1) is 9.65. The predicted octanol–water partition coefficient (Wildman–Crippen LogP) is 1.29. The standard InChI is InChI=1S/C15H22N2O3.ClH/c1-11-4-3-5-13(8-11)20-12(2)9-17-15(18)14-10-16-6-7-19-14;/h3-5,8,12,14,16H,6-7,9-10H2,1-2H3,(H,17,18);1H. The maximum Gasteiger partial charge on any atom is 0.250 e. The summed E-state index contributed by atoms with van der Waals surface area (Å²) in [4.78, 5) is 11.9. The Morgan fingerprint density at radius 3 is 3.05 bits per heavy atom. The molecule has 1 aliphatic heterocycles. The van der Waals surface area contributed by atoms with E-state index in [1.54, 1.807) is 0 Å². The topological polar surface area (TPSA) is 59.6 Å². The smallest absolute Gasteiger partial charge is 0.250 e. The highest BCUT2D eigenvalue weighted by atomic mass is 35.5. The van der Waals surface area contributed by atoms with Crippen LogP contribution in [0, 0.1) is 6.92 Å². The Morgan fingerprint density at radius 1 is 1.57 bits per heavy atom. The van der Waals surface area contributed by atoms with Gasteiger partial charge in [-0.1, -0.05) is 12.1 Å². The largest absolute Gasteiger partial charge is 0.489 e. The van der Waals surface area contributed by atoms with E-state index in [0.717, 1.165) is 17.9 Å². The highest BCUT2D eigenvalue weighted by Gasteiger charge is 2.21. The van der Waals surface area contributed by atoms with Crippen molar-refractivity contribution in [2.75, 3.05) is 26.2 Å². The van der Waals surface area contributed by atoms with Crippen LogP contribution in [0.15, 0.2) is 24.3 Å². The van der Waals surface area contributed by atoms with E-state index in [0.29, 0.717) is 19.7 Å². The number of morpholine rings is 1. The average molecular weight is 315 g/mol. The van der Waals surface area contributed by atoms with Crippen molar-refractivity contribution in [1.29, 1.82) is 0 Å². The first-order valence-electron chi connectivity index (χ1n) is 6.98. The Balaban J connectivity index is 0.00000220. The highest BCUT2D eigenvalue weighted by Crippen LogP contribution is 2.13. The van der Waals surface area contributed by atoms with Gasteiger partial charge in [-0.15, -0.1) is 12.4 Å². The Kier molecular flexibility index (Phi) is 7.50. The molecule has 5 nitrogen and oxygen atoms in total. The summed E-state index contributed by atoms with van der Waals surface area (Å²) in [5.74, 6) is 0.735. The number of ether oxygens (including phenoxy) is 2. The highest BCUT2D eigenvalue weighted by molar-refractivity contribution is 5.85. The van der Waals surface area contributed by atoms with Gasteiger partial charge in [-0.25, -0.2) is 0 Å². The maximum atomic E-state index is 11.9. The molecule has 118 valence electrons. The lowest BCUT2D eigenvalue weighted by molar-refractivity contribution is -0.134. The fraction of sp³-hybridized carbons (Fsp3) is 0.533. The minimum absolute atomic E-state index is 0. The minimum atomic E-state index is -0.394. The van der Waals surface area contributed by atoms with Gasteiger partial charge in [-0.3, -0.25) is 4.79 Å². The van der Waals surface area contributed by atoms with Crippen molar-refractivity contribution in [3.05, 3.63) is 29.8 Å². The molecule has 0 aliphatic carbocycles. The van der Waals surface area contributed by atoms with Gasteiger partial charge in [0.05, 0.1) is 13.2 Å². The van der Waals surface area contributed by atoms with Crippen molar-refractivity contribution < 1.29 is 14.3 Å². The number of nitrogens with one attached hydrogen (secondary N) is 2. The molecule has 0 spiro atoms. The van der Waals surface area contributed by atoms with Crippen molar-refractivity contribution >= 4 is 18.3 Å². The first-order valence-corrected chi connectivity index (χ1v) is 6.98. The molecule has 1 amide bonds. The molecule has 21 heavy (non-hydrogen) atoms. The molecule has 0 saturated carbocycles. The molecule has 0 aromatic heterocycles. The van der Waals surface area contributed by atoms with Crippen LogP contribution in [0.2, 0.25) is 0 Å². The van der Waals surface area contributed by atoms with Crippen LogP contribution in [0.4, 0.5) is 0 Å². The van der Waals surface area contributed by atoms with Gasteiger partial charge in [0.1, 0.15) is 18.0 Å². The van der Waals surface area contributed by atoms with Gasteiger partial charge in [0.15, 0.2) is 0 Å². The Hall–Kier alpha value is -1.30. The first kappa shape index (κ1) is 17.8. The second kappa shape index (κ2) is 8.87. The van der Waals surface area contributed by atoms with E-state index in [1.807, 2.05) is 38.1 Å². The molecule has 2 unspecified atom stereocenters. The van der Waals surface area contributed by atoms with Gasteiger partial charge < -0.3 is 20.1 Å². The number of aryl methyl sites for hydroxylation is 1. The lowest BCUT2D eigenvalue weighted by Gasteiger charge is -2.23. The van der Waals surface area contributed by atoms with Crippen LogP contribution in [0.1, 0.15) is 12.5 Å². The Labute approximate surface area is 131 Å². The van der Waals surface area contributed by atoms with Crippen LogP contribution >= 0.6 is 12.4 Å². The molecular formula is C15H23ClN2O3. The predicted molar refractivity (Wildman–Crippen MR) is 84.1 cm³/mol. The number of hydrogen-bond acceptors (Lipinski definition) is 4. The van der Waals surface area contributed by atoms with E-state index in [-0.39, 0.29) is 24.4 Å². The molecule has 1 aliphatic rings. The lowest BCUT2D eigenvalue weighted by atomic mass is 10.2. The molecule has 2 atom stereocenters. The van der Waals surface area contributed by atoms with E-state index in [1.165, 1.54) is 0 Å². The summed E-state index contributed by atoms with van der Waals surface area (Å²) < 4.78 is 11.2. The summed E-state index contributed by atoms with van der Waals surface area (Å²) in [6, 6.07) is 7.87. The van der Waals surface area contributed by atoms with Crippen molar-refractivity contribution in [2.45, 2.75) is 26.1 Å². The zero-order valence-corrected chi connectivity index (χ0v) is 13.2. The van der Waals surface area contributed by atoms with Crippen molar-refractivity contribution in [3.8, 4) is 5.75 Å². The van der Waals surface area contributed by atoms with Crippen LogP contribution in [0.3, 0.4) is 0 Å². The zero-order chi connectivity index (χ0) is 14.4. The number of halogens is 1. The molecule has 6 heteroatoms. The summed E-state index contributed by atoms with van der Waals surface area (Å²) >= 11 is 0. The van der Waals surface area contributed by atoms with Gasteiger partial charge in [0.2, 0.25) is 0 Å². The van der Waals surface area contributed by atoms with E-state index >= 15 is 0 Å². The van der Waals surface area contributed by atoms with Gasteiger partial charge in [0, 0.05) is 13.1 Å². The van der Waals surface area contributed by atoms with E-state index in [9.17, 15) is 4.79 Å². The summed E-state index contributed by atoms with van der Waals surface area (Å²) in [5.41, 5.74) is 1.15. The number of rotatable bonds is 5. The summed E-state index contributed by atoms with van der Waals surface area (Å²) in [7, 11) is 0. The molecule has 1 heterocycles. The molecule has 1 aromatic rings. The average Bonchev–Trinajstić information content (AvgIpc) is 2.46. The molecule has 2 N–H and O–H groups in total. The monoisotopic (exact) mass is 314 g/mol. The molecular weight excluding hydrogens is 292 g/mol. The van der Waals surface area contributed by atoms with Crippen LogP contribution < -0.4 is 15.4 Å². The normalized spacial score (nSPS) is 19.2. The van der Waals surface area contributed by atoms with Gasteiger partial charge in [-0.2, -0.15) is 0 Å². The van der Waals surface area contributed by atoms with Crippen LogP contribution in [0.5, 0.6) is 5.75 Å². The summed E-state index contributed by atoms with van der Waals surface area (Å²) in [6.07, 6.45) is -0.479. The van der Waals surface area contributed by atoms with Crippen LogP contribution in [0.25, 0.3) is 0 Å². The molecule has 0 radical (unpaired) electrons. The summed E-state index contributed by atoms with van der Waals surface area (Å²) in [5, 5.41) is 5.99. The third kappa shape index (κ3) is 5.91. The third-order valence-electron chi connectivity index (χ3n) is 3.11. The Morgan fingerprint density at radius 2 is 2.38 bits per heavy atom. The van der Waals surface area contributed by atoms with Crippen LogP contribution in [-0.4, -0.2) is 44.4 Å². The SMILES string of the molecule is Cc1cccc(OC(C)CNC(=O)C2CNCCO2)c1.Cl. The third-order valence-corrected chi connectivity index (χ3v) is 3.11. The number of benzene rings is 1. The second-order valence-electron chi connectivity index (χ2n) is 5.05. The molecule has 1 saturated heterocycles. The van der Waals surface area contributed by atoms with E-state index in [2.05, 4.69) is 10.6 Å². The zero-order valence-electron chi connectivity index (χ0n) is 12.4.